The molecular formula is C15H12ClNO4. The van der Waals surface area contributed by atoms with Crippen LogP contribution in [0.25, 0.3) is 0 Å². The largest absolute Gasteiger partial charge is 0.467 e. The smallest absolute Gasteiger partial charge is 0.338 e. The van der Waals surface area contributed by atoms with Crippen molar-refractivity contribution in [3.63, 3.8) is 0 Å². The highest BCUT2D eigenvalue weighted by Crippen LogP contribution is 2.32. The maximum absolute atomic E-state index is 11.9. The first-order valence-electron chi connectivity index (χ1n) is 6.33. The number of aromatic nitrogens is 1. The van der Waals surface area contributed by atoms with Gasteiger partial charge in [0.15, 0.2) is 6.79 Å². The second kappa shape index (κ2) is 6.11. The van der Waals surface area contributed by atoms with E-state index in [1.165, 1.54) is 12.4 Å². The number of rotatable bonds is 3. The van der Waals surface area contributed by atoms with Gasteiger partial charge in [0, 0.05) is 28.5 Å². The van der Waals surface area contributed by atoms with Gasteiger partial charge >= 0.3 is 5.97 Å². The molecule has 1 aliphatic rings. The zero-order valence-electron chi connectivity index (χ0n) is 11.0. The summed E-state index contributed by atoms with van der Waals surface area (Å²) in [6, 6.07) is 6.70. The maximum atomic E-state index is 11.9. The maximum Gasteiger partial charge on any atom is 0.338 e. The topological polar surface area (TPSA) is 57.7 Å². The monoisotopic (exact) mass is 305 g/mol. The molecule has 5 nitrogen and oxygen atoms in total. The first-order chi connectivity index (χ1) is 10.2. The van der Waals surface area contributed by atoms with Crippen molar-refractivity contribution < 1.29 is 19.0 Å². The first kappa shape index (κ1) is 13.9. The van der Waals surface area contributed by atoms with Gasteiger partial charge in [0.05, 0.1) is 12.2 Å². The van der Waals surface area contributed by atoms with Gasteiger partial charge in [-0.1, -0.05) is 11.6 Å². The fourth-order valence-electron chi connectivity index (χ4n) is 2.08. The van der Waals surface area contributed by atoms with E-state index in [-0.39, 0.29) is 13.4 Å². The molecule has 21 heavy (non-hydrogen) atoms. The summed E-state index contributed by atoms with van der Waals surface area (Å²) < 4.78 is 16.0. The number of hydrogen-bond donors (Lipinski definition) is 0. The van der Waals surface area contributed by atoms with Crippen LogP contribution in [0.3, 0.4) is 0 Å². The van der Waals surface area contributed by atoms with Crippen LogP contribution in [-0.2, 0) is 22.7 Å². The predicted octanol–water partition coefficient (Wildman–Crippen LogP) is 2.96. The second-order valence-electron chi connectivity index (χ2n) is 4.48. The molecule has 0 saturated heterocycles. The van der Waals surface area contributed by atoms with E-state index < -0.39 is 5.97 Å². The van der Waals surface area contributed by atoms with E-state index in [1.54, 1.807) is 24.3 Å². The number of hydrogen-bond acceptors (Lipinski definition) is 5. The van der Waals surface area contributed by atoms with E-state index in [0.717, 1.165) is 11.1 Å². The molecule has 0 fully saturated rings. The Morgan fingerprint density at radius 2 is 2.14 bits per heavy atom. The van der Waals surface area contributed by atoms with Crippen molar-refractivity contribution in [3.8, 4) is 5.75 Å². The molecule has 1 aliphatic heterocycles. The van der Waals surface area contributed by atoms with Crippen LogP contribution in [0, 0.1) is 0 Å². The van der Waals surface area contributed by atoms with Crippen LogP contribution < -0.4 is 4.74 Å². The summed E-state index contributed by atoms with van der Waals surface area (Å²) >= 11 is 6.05. The number of nitrogens with zero attached hydrogens (tertiary/aromatic N) is 1. The summed E-state index contributed by atoms with van der Waals surface area (Å²) in [4.78, 5) is 15.8. The van der Waals surface area contributed by atoms with Crippen molar-refractivity contribution in [1.29, 1.82) is 0 Å². The highest BCUT2D eigenvalue weighted by Gasteiger charge is 2.17. The molecule has 0 saturated carbocycles. The molecule has 0 unspecified atom stereocenters. The van der Waals surface area contributed by atoms with Gasteiger partial charge < -0.3 is 14.2 Å². The zero-order chi connectivity index (χ0) is 14.7. The van der Waals surface area contributed by atoms with Gasteiger partial charge in [-0.15, -0.1) is 0 Å². The van der Waals surface area contributed by atoms with Gasteiger partial charge in [-0.05, 0) is 24.3 Å². The van der Waals surface area contributed by atoms with Gasteiger partial charge in [0.25, 0.3) is 0 Å². The SMILES string of the molecule is O=C(OCc1cc(Cl)cc2c1OCOC2)c1ccncc1. The van der Waals surface area contributed by atoms with Crippen LogP contribution in [0.1, 0.15) is 21.5 Å². The van der Waals surface area contributed by atoms with E-state index in [1.807, 2.05) is 0 Å². The van der Waals surface area contributed by atoms with Gasteiger partial charge in [0.2, 0.25) is 0 Å². The highest BCUT2D eigenvalue weighted by molar-refractivity contribution is 6.30. The summed E-state index contributed by atoms with van der Waals surface area (Å²) in [5.74, 6) is 0.256. The Hall–Kier alpha value is -2.11. The van der Waals surface area contributed by atoms with Crippen molar-refractivity contribution in [2.24, 2.45) is 0 Å². The summed E-state index contributed by atoms with van der Waals surface area (Å²) in [6.07, 6.45) is 3.08. The molecule has 0 bridgehead atoms. The predicted molar refractivity (Wildman–Crippen MR) is 75.1 cm³/mol. The van der Waals surface area contributed by atoms with Gasteiger partial charge in [-0.3, -0.25) is 4.98 Å². The van der Waals surface area contributed by atoms with E-state index in [0.29, 0.717) is 22.9 Å². The summed E-state index contributed by atoms with van der Waals surface area (Å²) in [5, 5.41) is 0.554. The lowest BCUT2D eigenvalue weighted by Gasteiger charge is -2.21. The molecule has 0 N–H and O–H groups in total. The van der Waals surface area contributed by atoms with Crippen molar-refractivity contribution in [2.75, 3.05) is 6.79 Å². The Balaban J connectivity index is 1.76. The molecule has 2 aromatic rings. The Labute approximate surface area is 126 Å². The summed E-state index contributed by atoms with van der Waals surface area (Å²) in [5.41, 5.74) is 2.03. The lowest BCUT2D eigenvalue weighted by molar-refractivity contribution is -0.0180. The Morgan fingerprint density at radius 1 is 1.33 bits per heavy atom. The lowest BCUT2D eigenvalue weighted by atomic mass is 10.1. The Kier molecular flexibility index (Phi) is 4.03. The zero-order valence-corrected chi connectivity index (χ0v) is 11.8. The van der Waals surface area contributed by atoms with Gasteiger partial charge in [-0.25, -0.2) is 4.79 Å². The van der Waals surface area contributed by atoms with E-state index in [9.17, 15) is 4.79 Å². The Bertz CT molecular complexity index is 660. The molecule has 1 aromatic heterocycles. The number of benzene rings is 1. The average Bonchev–Trinajstić information content (AvgIpc) is 2.53. The van der Waals surface area contributed by atoms with Crippen LogP contribution in [0.2, 0.25) is 5.02 Å². The Morgan fingerprint density at radius 3 is 2.95 bits per heavy atom. The molecule has 0 spiro atoms. The second-order valence-corrected chi connectivity index (χ2v) is 4.91. The number of esters is 1. The minimum atomic E-state index is -0.418. The van der Waals surface area contributed by atoms with Crippen LogP contribution >= 0.6 is 11.6 Å². The third kappa shape index (κ3) is 3.15. The average molecular weight is 306 g/mol. The molecule has 1 aromatic carbocycles. The third-order valence-electron chi connectivity index (χ3n) is 3.03. The number of pyridine rings is 1. The quantitative estimate of drug-likeness (QED) is 0.816. The fourth-order valence-corrected chi connectivity index (χ4v) is 2.34. The van der Waals surface area contributed by atoms with Crippen molar-refractivity contribution >= 4 is 17.6 Å². The minimum Gasteiger partial charge on any atom is -0.467 e. The van der Waals surface area contributed by atoms with Gasteiger partial charge in [-0.2, -0.15) is 0 Å². The van der Waals surface area contributed by atoms with Gasteiger partial charge in [0.1, 0.15) is 12.4 Å². The number of halogens is 1. The van der Waals surface area contributed by atoms with Crippen LogP contribution in [0.4, 0.5) is 0 Å². The molecule has 0 amide bonds. The number of carbonyl (C=O) groups is 1. The van der Waals surface area contributed by atoms with Crippen LogP contribution in [0.5, 0.6) is 5.75 Å². The van der Waals surface area contributed by atoms with E-state index >= 15 is 0 Å². The summed E-state index contributed by atoms with van der Waals surface area (Å²) in [7, 11) is 0. The van der Waals surface area contributed by atoms with Crippen molar-refractivity contribution in [2.45, 2.75) is 13.2 Å². The number of carbonyl (C=O) groups excluding carboxylic acids is 1. The summed E-state index contributed by atoms with van der Waals surface area (Å²) in [6.45, 7) is 0.700. The number of ether oxygens (including phenoxy) is 3. The molecule has 3 rings (SSSR count). The standard InChI is InChI=1S/C15H12ClNO4/c16-13-5-11-7-19-9-21-14(11)12(6-13)8-20-15(18)10-1-3-17-4-2-10/h1-6H,7-9H2. The minimum absolute atomic E-state index is 0.0874. The third-order valence-corrected chi connectivity index (χ3v) is 3.24. The van der Waals surface area contributed by atoms with Crippen molar-refractivity contribution in [3.05, 3.63) is 58.4 Å². The van der Waals surface area contributed by atoms with Crippen LogP contribution in [0.15, 0.2) is 36.7 Å². The number of fused-ring (bicyclic) bond motifs is 1. The van der Waals surface area contributed by atoms with E-state index in [4.69, 9.17) is 25.8 Å². The molecule has 6 heteroatoms. The fraction of sp³-hybridized carbons (Fsp3) is 0.200. The van der Waals surface area contributed by atoms with Crippen molar-refractivity contribution in [1.82, 2.24) is 4.98 Å². The molecule has 0 atom stereocenters. The molecule has 0 aliphatic carbocycles. The molecular weight excluding hydrogens is 294 g/mol. The lowest BCUT2D eigenvalue weighted by Crippen LogP contribution is -2.14. The van der Waals surface area contributed by atoms with E-state index in [2.05, 4.69) is 4.98 Å². The molecule has 0 radical (unpaired) electrons. The van der Waals surface area contributed by atoms with Crippen LogP contribution in [-0.4, -0.2) is 17.7 Å². The highest BCUT2D eigenvalue weighted by atomic mass is 35.5. The first-order valence-corrected chi connectivity index (χ1v) is 6.71. The normalized spacial score (nSPS) is 13.2. The molecule has 108 valence electrons. The molecule has 2 heterocycles.